The van der Waals surface area contributed by atoms with Crippen molar-refractivity contribution in [3.63, 3.8) is 0 Å². The largest absolute Gasteiger partial charge is 0.418 e. The van der Waals surface area contributed by atoms with Gasteiger partial charge in [0.05, 0.1) is 17.9 Å². The molecule has 1 aliphatic heterocycles. The van der Waals surface area contributed by atoms with Crippen LogP contribution in [0.3, 0.4) is 0 Å². The highest BCUT2D eigenvalue weighted by Gasteiger charge is 2.47. The van der Waals surface area contributed by atoms with Gasteiger partial charge in [0.25, 0.3) is 11.8 Å². The lowest BCUT2D eigenvalue weighted by atomic mass is 10.1. The fourth-order valence-corrected chi connectivity index (χ4v) is 3.94. The van der Waals surface area contributed by atoms with E-state index in [2.05, 4.69) is 5.32 Å². The molecule has 0 spiro atoms. The molecule has 3 N–H and O–H groups in total. The molecule has 1 heterocycles. The Morgan fingerprint density at radius 3 is 2.35 bits per heavy atom. The van der Waals surface area contributed by atoms with Crippen LogP contribution in [0.15, 0.2) is 18.2 Å². The summed E-state index contributed by atoms with van der Waals surface area (Å²) in [5.41, 5.74) is 4.00. The number of primary amides is 1. The SMILES string of the molecule is NC(=O)[C@@H](C(=O)Nc1ccc(N2CCOCC2=O)c(C(F)(F)F)c1)N(C1CC1)C1CC1. The summed E-state index contributed by atoms with van der Waals surface area (Å²) in [6.07, 6.45) is -1.34. The number of benzene rings is 1. The molecular weight excluding hydrogens is 417 g/mol. The number of hydrogen-bond donors (Lipinski definition) is 2. The lowest BCUT2D eigenvalue weighted by Gasteiger charge is -2.30. The third-order valence-corrected chi connectivity index (χ3v) is 5.60. The van der Waals surface area contributed by atoms with Crippen molar-refractivity contribution in [1.29, 1.82) is 0 Å². The van der Waals surface area contributed by atoms with Crippen LogP contribution >= 0.6 is 0 Å². The van der Waals surface area contributed by atoms with Gasteiger partial charge in [0.1, 0.15) is 6.61 Å². The average Bonchev–Trinajstić information content (AvgIpc) is 3.60. The first-order valence-corrected chi connectivity index (χ1v) is 10.1. The van der Waals surface area contributed by atoms with Crippen molar-refractivity contribution in [1.82, 2.24) is 4.90 Å². The van der Waals surface area contributed by atoms with E-state index in [1.54, 1.807) is 4.90 Å². The third kappa shape index (κ3) is 4.67. The second kappa shape index (κ2) is 8.12. The summed E-state index contributed by atoms with van der Waals surface area (Å²) in [5.74, 6) is -2.16. The maximum Gasteiger partial charge on any atom is 0.418 e. The zero-order valence-corrected chi connectivity index (χ0v) is 16.7. The van der Waals surface area contributed by atoms with E-state index >= 15 is 0 Å². The summed E-state index contributed by atoms with van der Waals surface area (Å²) in [6.45, 7) is -0.177. The molecule has 3 fully saturated rings. The third-order valence-electron chi connectivity index (χ3n) is 5.60. The summed E-state index contributed by atoms with van der Waals surface area (Å²) >= 11 is 0. The minimum absolute atomic E-state index is 0.00486. The number of nitrogens with two attached hydrogens (primary N) is 1. The van der Waals surface area contributed by atoms with Gasteiger partial charge in [-0.05, 0) is 43.9 Å². The molecule has 1 aromatic rings. The predicted octanol–water partition coefficient (Wildman–Crippen LogP) is 1.49. The average molecular weight is 440 g/mol. The molecule has 11 heteroatoms. The Morgan fingerprint density at radius 1 is 1.19 bits per heavy atom. The lowest BCUT2D eigenvalue weighted by Crippen LogP contribution is -2.54. The Bertz CT molecular complexity index is 887. The minimum Gasteiger partial charge on any atom is -0.370 e. The van der Waals surface area contributed by atoms with Gasteiger partial charge in [-0.15, -0.1) is 0 Å². The van der Waals surface area contributed by atoms with Crippen molar-refractivity contribution < 1.29 is 32.3 Å². The van der Waals surface area contributed by atoms with E-state index in [0.29, 0.717) is 0 Å². The number of carbonyl (C=O) groups excluding carboxylic acids is 3. The number of carbonyl (C=O) groups is 3. The number of rotatable bonds is 7. The molecule has 1 saturated heterocycles. The summed E-state index contributed by atoms with van der Waals surface area (Å²) in [5, 5.41) is 2.41. The number of ether oxygens (including phenoxy) is 1. The molecule has 0 radical (unpaired) electrons. The molecule has 2 aliphatic carbocycles. The Hall–Kier alpha value is -2.66. The standard InChI is InChI=1S/C20H23F3N4O4/c21-20(22,23)14-9-11(1-6-15(14)26-7-8-31-10-16(26)28)25-19(30)17(18(24)29)27(12-2-3-12)13-4-5-13/h1,6,9,12-13,17H,2-5,7-8,10H2,(H2,24,29)(H,25,30)/t17-/m0/s1. The first-order chi connectivity index (χ1) is 14.7. The molecule has 3 amide bonds. The fourth-order valence-electron chi connectivity index (χ4n) is 3.94. The molecule has 168 valence electrons. The van der Waals surface area contributed by atoms with E-state index in [0.717, 1.165) is 42.7 Å². The van der Waals surface area contributed by atoms with Gasteiger partial charge in [-0.3, -0.25) is 19.3 Å². The minimum atomic E-state index is -4.76. The van der Waals surface area contributed by atoms with Crippen molar-refractivity contribution in [3.05, 3.63) is 23.8 Å². The zero-order chi connectivity index (χ0) is 22.3. The van der Waals surface area contributed by atoms with Crippen LogP contribution in [0.1, 0.15) is 31.2 Å². The summed E-state index contributed by atoms with van der Waals surface area (Å²) in [7, 11) is 0. The highest BCUT2D eigenvalue weighted by atomic mass is 19.4. The van der Waals surface area contributed by atoms with Gasteiger partial charge in [0.2, 0.25) is 5.91 Å². The number of anilines is 2. The molecule has 8 nitrogen and oxygen atoms in total. The van der Waals surface area contributed by atoms with Gasteiger partial charge in [-0.25, -0.2) is 0 Å². The number of hydrogen-bond acceptors (Lipinski definition) is 5. The van der Waals surface area contributed by atoms with Crippen LogP contribution in [0.5, 0.6) is 0 Å². The second-order valence-corrected chi connectivity index (χ2v) is 8.03. The van der Waals surface area contributed by atoms with Gasteiger partial charge in [-0.1, -0.05) is 0 Å². The van der Waals surface area contributed by atoms with Crippen LogP contribution < -0.4 is 16.0 Å². The normalized spacial score (nSPS) is 20.6. The van der Waals surface area contributed by atoms with Gasteiger partial charge in [0.15, 0.2) is 6.04 Å². The van der Waals surface area contributed by atoms with Gasteiger partial charge < -0.3 is 20.7 Å². The Kier molecular flexibility index (Phi) is 5.65. The van der Waals surface area contributed by atoms with Crippen LogP contribution in [0, 0.1) is 0 Å². The number of amides is 3. The van der Waals surface area contributed by atoms with Crippen LogP contribution in [0.25, 0.3) is 0 Å². The molecule has 0 bridgehead atoms. The monoisotopic (exact) mass is 440 g/mol. The quantitative estimate of drug-likeness (QED) is 0.625. The van der Waals surface area contributed by atoms with Crippen LogP contribution in [-0.2, 0) is 25.3 Å². The Morgan fingerprint density at radius 2 is 1.84 bits per heavy atom. The Labute approximate surface area is 176 Å². The first-order valence-electron chi connectivity index (χ1n) is 10.1. The maximum absolute atomic E-state index is 13.7. The van der Waals surface area contributed by atoms with Gasteiger partial charge in [-0.2, -0.15) is 13.2 Å². The van der Waals surface area contributed by atoms with Crippen molar-refractivity contribution in [2.75, 3.05) is 30.0 Å². The molecule has 0 aromatic heterocycles. The van der Waals surface area contributed by atoms with Gasteiger partial charge >= 0.3 is 6.18 Å². The van der Waals surface area contributed by atoms with Crippen LogP contribution in [0.2, 0.25) is 0 Å². The number of morpholine rings is 1. The van der Waals surface area contributed by atoms with E-state index in [1.807, 2.05) is 0 Å². The molecular formula is C20H23F3N4O4. The number of alkyl halides is 3. The van der Waals surface area contributed by atoms with Crippen LogP contribution in [0.4, 0.5) is 24.5 Å². The number of halogens is 3. The highest BCUT2D eigenvalue weighted by Crippen LogP contribution is 2.40. The molecule has 0 unspecified atom stereocenters. The van der Waals surface area contributed by atoms with Crippen molar-refractivity contribution in [2.24, 2.45) is 5.73 Å². The highest BCUT2D eigenvalue weighted by molar-refractivity contribution is 6.10. The van der Waals surface area contributed by atoms with Crippen molar-refractivity contribution >= 4 is 29.1 Å². The zero-order valence-electron chi connectivity index (χ0n) is 16.7. The fraction of sp³-hybridized carbons (Fsp3) is 0.550. The topological polar surface area (TPSA) is 105 Å². The molecule has 2 saturated carbocycles. The van der Waals surface area contributed by atoms with Gasteiger partial charge in [0, 0.05) is 24.3 Å². The molecule has 4 rings (SSSR count). The predicted molar refractivity (Wildman–Crippen MR) is 104 cm³/mol. The van der Waals surface area contributed by atoms with E-state index in [1.165, 1.54) is 6.07 Å². The molecule has 1 aromatic carbocycles. The number of nitrogens with zero attached hydrogens (tertiary/aromatic N) is 2. The van der Waals surface area contributed by atoms with E-state index in [-0.39, 0.29) is 43.2 Å². The lowest BCUT2D eigenvalue weighted by molar-refractivity contribution is -0.138. The van der Waals surface area contributed by atoms with Crippen LogP contribution in [-0.4, -0.2) is 60.5 Å². The molecule has 3 aliphatic rings. The number of nitrogens with one attached hydrogen (secondary N) is 1. The van der Waals surface area contributed by atoms with Crippen molar-refractivity contribution in [2.45, 2.75) is 50.0 Å². The summed E-state index contributed by atoms with van der Waals surface area (Å²) in [6, 6.07) is 2.14. The molecule has 1 atom stereocenters. The summed E-state index contributed by atoms with van der Waals surface area (Å²) < 4.78 is 46.2. The maximum atomic E-state index is 13.7. The first kappa shape index (κ1) is 21.6. The van der Waals surface area contributed by atoms with E-state index in [9.17, 15) is 27.6 Å². The van der Waals surface area contributed by atoms with E-state index < -0.39 is 35.5 Å². The smallest absolute Gasteiger partial charge is 0.370 e. The second-order valence-electron chi connectivity index (χ2n) is 8.03. The van der Waals surface area contributed by atoms with E-state index in [4.69, 9.17) is 10.5 Å². The molecule has 31 heavy (non-hydrogen) atoms. The Balaban J connectivity index is 1.59. The van der Waals surface area contributed by atoms with Crippen molar-refractivity contribution in [3.8, 4) is 0 Å². The summed E-state index contributed by atoms with van der Waals surface area (Å²) in [4.78, 5) is 39.7.